The molecule has 2 amide bonds. The second-order valence-electron chi connectivity index (χ2n) is 7.30. The maximum absolute atomic E-state index is 12.6. The second kappa shape index (κ2) is 10.7. The number of nitrogens with one attached hydrogen (secondary N) is 1. The molecule has 0 saturated carbocycles. The van der Waals surface area contributed by atoms with Crippen LogP contribution in [0.25, 0.3) is 0 Å². The molecule has 8 nitrogen and oxygen atoms in total. The summed E-state index contributed by atoms with van der Waals surface area (Å²) in [5.74, 6) is 1.35. The van der Waals surface area contributed by atoms with Crippen molar-refractivity contribution in [1.82, 2.24) is 15.2 Å². The third kappa shape index (κ3) is 5.65. The number of methoxy groups -OCH3 is 2. The Bertz CT molecular complexity index is 918. The standard InChI is InChI=1S/C23H29N3O5/c1-4-31-23-17(6-5-10-24-23)14-25-22(28)18-13-21(27)26(15-18)11-9-16-7-8-19(29-2)20(12-16)30-3/h5-8,10,12,18H,4,9,11,13-15H2,1-3H3,(H,25,28). The Morgan fingerprint density at radius 1 is 1.23 bits per heavy atom. The van der Waals surface area contributed by atoms with Crippen LogP contribution in [0, 0.1) is 5.92 Å². The van der Waals surface area contributed by atoms with E-state index in [1.807, 2.05) is 31.2 Å². The fourth-order valence-corrected chi connectivity index (χ4v) is 3.62. The maximum Gasteiger partial charge on any atom is 0.225 e. The third-order valence-electron chi connectivity index (χ3n) is 5.29. The number of nitrogens with zero attached hydrogens (tertiary/aromatic N) is 2. The van der Waals surface area contributed by atoms with Gasteiger partial charge in [-0.1, -0.05) is 12.1 Å². The molecule has 2 heterocycles. The number of carbonyl (C=O) groups is 2. The predicted octanol–water partition coefficient (Wildman–Crippen LogP) is 2.20. The number of carbonyl (C=O) groups excluding carboxylic acids is 2. The van der Waals surface area contributed by atoms with Crippen molar-refractivity contribution in [3.63, 3.8) is 0 Å². The van der Waals surface area contributed by atoms with Crippen LogP contribution in [0.1, 0.15) is 24.5 Å². The molecule has 2 aromatic rings. The minimum Gasteiger partial charge on any atom is -0.493 e. The molecule has 0 radical (unpaired) electrons. The number of hydrogen-bond acceptors (Lipinski definition) is 6. The van der Waals surface area contributed by atoms with E-state index >= 15 is 0 Å². The number of rotatable bonds is 10. The molecule has 0 bridgehead atoms. The lowest BCUT2D eigenvalue weighted by Gasteiger charge is -2.17. The zero-order valence-electron chi connectivity index (χ0n) is 18.2. The summed E-state index contributed by atoms with van der Waals surface area (Å²) in [7, 11) is 3.19. The molecule has 1 aromatic carbocycles. The van der Waals surface area contributed by atoms with E-state index in [2.05, 4.69) is 10.3 Å². The van der Waals surface area contributed by atoms with Crippen molar-refractivity contribution < 1.29 is 23.8 Å². The highest BCUT2D eigenvalue weighted by atomic mass is 16.5. The minimum absolute atomic E-state index is 0.00277. The van der Waals surface area contributed by atoms with Crippen LogP contribution in [0.15, 0.2) is 36.5 Å². The smallest absolute Gasteiger partial charge is 0.225 e. The lowest BCUT2D eigenvalue weighted by atomic mass is 10.1. The van der Waals surface area contributed by atoms with Crippen LogP contribution >= 0.6 is 0 Å². The number of aromatic nitrogens is 1. The Morgan fingerprint density at radius 2 is 2.03 bits per heavy atom. The summed E-state index contributed by atoms with van der Waals surface area (Å²) in [4.78, 5) is 31.0. The van der Waals surface area contributed by atoms with Gasteiger partial charge in [-0.2, -0.15) is 0 Å². The molecule has 1 atom stereocenters. The molecular weight excluding hydrogens is 398 g/mol. The van der Waals surface area contributed by atoms with Crippen LogP contribution < -0.4 is 19.5 Å². The van der Waals surface area contributed by atoms with Crippen LogP contribution in [0.5, 0.6) is 17.4 Å². The van der Waals surface area contributed by atoms with Gasteiger partial charge in [-0.05, 0) is 37.1 Å². The Kier molecular flexibility index (Phi) is 7.70. The maximum atomic E-state index is 12.6. The van der Waals surface area contributed by atoms with E-state index in [4.69, 9.17) is 14.2 Å². The van der Waals surface area contributed by atoms with Gasteiger partial charge in [0.2, 0.25) is 17.7 Å². The molecule has 3 rings (SSSR count). The van der Waals surface area contributed by atoms with Gasteiger partial charge in [0.1, 0.15) is 0 Å². The van der Waals surface area contributed by atoms with Crippen LogP contribution in [-0.4, -0.2) is 55.6 Å². The van der Waals surface area contributed by atoms with Gasteiger partial charge in [0, 0.05) is 37.8 Å². The van der Waals surface area contributed by atoms with Crippen LogP contribution in [0.2, 0.25) is 0 Å². The highest BCUT2D eigenvalue weighted by molar-refractivity contribution is 5.89. The van der Waals surface area contributed by atoms with Gasteiger partial charge in [-0.25, -0.2) is 4.98 Å². The van der Waals surface area contributed by atoms with E-state index in [-0.39, 0.29) is 24.2 Å². The topological polar surface area (TPSA) is 90.0 Å². The quantitative estimate of drug-likeness (QED) is 0.625. The zero-order chi connectivity index (χ0) is 22.2. The summed E-state index contributed by atoms with van der Waals surface area (Å²) in [5, 5.41) is 2.91. The molecule has 166 valence electrons. The minimum atomic E-state index is -0.356. The van der Waals surface area contributed by atoms with Crippen molar-refractivity contribution in [2.75, 3.05) is 33.9 Å². The fraction of sp³-hybridized carbons (Fsp3) is 0.435. The Morgan fingerprint density at radius 3 is 2.77 bits per heavy atom. The third-order valence-corrected chi connectivity index (χ3v) is 5.29. The zero-order valence-corrected chi connectivity index (χ0v) is 18.2. The van der Waals surface area contributed by atoms with E-state index in [0.29, 0.717) is 50.0 Å². The summed E-state index contributed by atoms with van der Waals surface area (Å²) >= 11 is 0. The van der Waals surface area contributed by atoms with Gasteiger partial charge < -0.3 is 24.4 Å². The molecule has 31 heavy (non-hydrogen) atoms. The summed E-state index contributed by atoms with van der Waals surface area (Å²) < 4.78 is 16.1. The molecule has 1 aliphatic heterocycles. The van der Waals surface area contributed by atoms with E-state index in [1.165, 1.54) is 0 Å². The van der Waals surface area contributed by atoms with Crippen molar-refractivity contribution in [2.24, 2.45) is 5.92 Å². The van der Waals surface area contributed by atoms with Gasteiger partial charge in [-0.15, -0.1) is 0 Å². The average molecular weight is 428 g/mol. The predicted molar refractivity (Wildman–Crippen MR) is 115 cm³/mol. The molecule has 0 aliphatic carbocycles. The largest absolute Gasteiger partial charge is 0.493 e. The van der Waals surface area contributed by atoms with Crippen molar-refractivity contribution in [3.05, 3.63) is 47.7 Å². The number of pyridine rings is 1. The number of benzene rings is 1. The lowest BCUT2D eigenvalue weighted by molar-refractivity contribution is -0.129. The lowest BCUT2D eigenvalue weighted by Crippen LogP contribution is -2.33. The molecule has 8 heteroatoms. The molecule has 1 N–H and O–H groups in total. The first-order valence-corrected chi connectivity index (χ1v) is 10.4. The number of ether oxygens (including phenoxy) is 3. The average Bonchev–Trinajstić information content (AvgIpc) is 3.17. The summed E-state index contributed by atoms with van der Waals surface area (Å²) in [5.41, 5.74) is 1.85. The van der Waals surface area contributed by atoms with E-state index < -0.39 is 0 Å². The number of likely N-dealkylation sites (tertiary alicyclic amines) is 1. The first-order chi connectivity index (χ1) is 15.0. The number of hydrogen-bond donors (Lipinski definition) is 1. The fourth-order valence-electron chi connectivity index (χ4n) is 3.62. The van der Waals surface area contributed by atoms with Gasteiger partial charge in [0.05, 0.1) is 26.7 Å². The van der Waals surface area contributed by atoms with Gasteiger partial charge in [0.25, 0.3) is 0 Å². The molecule has 1 fully saturated rings. The van der Waals surface area contributed by atoms with Crippen molar-refractivity contribution in [3.8, 4) is 17.4 Å². The molecule has 1 aliphatic rings. The molecule has 1 unspecified atom stereocenters. The Labute approximate surface area is 182 Å². The van der Waals surface area contributed by atoms with Crippen LogP contribution in [-0.2, 0) is 22.6 Å². The SMILES string of the molecule is CCOc1ncccc1CNC(=O)C1CC(=O)N(CCc2ccc(OC)c(OC)c2)C1. The van der Waals surface area contributed by atoms with E-state index in [1.54, 1.807) is 31.4 Å². The Balaban J connectivity index is 1.52. The van der Waals surface area contributed by atoms with Crippen molar-refractivity contribution >= 4 is 11.8 Å². The first kappa shape index (κ1) is 22.4. The highest BCUT2D eigenvalue weighted by Gasteiger charge is 2.34. The Hall–Kier alpha value is -3.29. The number of amides is 2. The summed E-state index contributed by atoms with van der Waals surface area (Å²) in [6.07, 6.45) is 2.55. The van der Waals surface area contributed by atoms with E-state index in [0.717, 1.165) is 11.1 Å². The normalized spacial score (nSPS) is 15.6. The van der Waals surface area contributed by atoms with Crippen molar-refractivity contribution in [2.45, 2.75) is 26.3 Å². The molecule has 1 saturated heterocycles. The molecule has 0 spiro atoms. The van der Waals surface area contributed by atoms with Gasteiger partial charge in [-0.3, -0.25) is 9.59 Å². The molecule has 1 aromatic heterocycles. The van der Waals surface area contributed by atoms with Gasteiger partial charge >= 0.3 is 0 Å². The first-order valence-electron chi connectivity index (χ1n) is 10.4. The second-order valence-corrected chi connectivity index (χ2v) is 7.30. The summed E-state index contributed by atoms with van der Waals surface area (Å²) in [6, 6.07) is 9.39. The van der Waals surface area contributed by atoms with E-state index in [9.17, 15) is 9.59 Å². The van der Waals surface area contributed by atoms with Crippen molar-refractivity contribution in [1.29, 1.82) is 0 Å². The van der Waals surface area contributed by atoms with Gasteiger partial charge in [0.15, 0.2) is 11.5 Å². The van der Waals surface area contributed by atoms with Crippen LogP contribution in [0.3, 0.4) is 0 Å². The molecular formula is C23H29N3O5. The highest BCUT2D eigenvalue weighted by Crippen LogP contribution is 2.28. The summed E-state index contributed by atoms with van der Waals surface area (Å²) in [6.45, 7) is 3.68. The monoisotopic (exact) mass is 427 g/mol. The van der Waals surface area contributed by atoms with Crippen LogP contribution in [0.4, 0.5) is 0 Å².